The Balaban J connectivity index is 2.00. The maximum atomic E-state index is 4.55. The molecule has 4 nitrogen and oxygen atoms in total. The van der Waals surface area contributed by atoms with E-state index in [4.69, 9.17) is 0 Å². The maximum absolute atomic E-state index is 4.55. The number of hydrogen-bond acceptors (Lipinski definition) is 5. The van der Waals surface area contributed by atoms with Gasteiger partial charge >= 0.3 is 0 Å². The zero-order valence-corrected chi connectivity index (χ0v) is 13.3. The van der Waals surface area contributed by atoms with E-state index in [0.29, 0.717) is 6.04 Å². The lowest BCUT2D eigenvalue weighted by atomic mass is 10.0. The van der Waals surface area contributed by atoms with Gasteiger partial charge in [-0.15, -0.1) is 11.3 Å². The SMILES string of the molecule is CCN(c1ncnc2c(Br)csc12)C1CCNCC1. The van der Waals surface area contributed by atoms with Gasteiger partial charge in [0.15, 0.2) is 0 Å². The van der Waals surface area contributed by atoms with Crippen LogP contribution in [0.1, 0.15) is 19.8 Å². The highest BCUT2D eigenvalue weighted by molar-refractivity contribution is 9.10. The van der Waals surface area contributed by atoms with Crippen LogP contribution in [0.15, 0.2) is 16.2 Å². The van der Waals surface area contributed by atoms with E-state index in [0.717, 1.165) is 35.4 Å². The summed E-state index contributed by atoms with van der Waals surface area (Å²) >= 11 is 5.28. The molecule has 0 atom stereocenters. The fourth-order valence-corrected chi connectivity index (χ4v) is 4.31. The van der Waals surface area contributed by atoms with Crippen LogP contribution in [0.25, 0.3) is 10.2 Å². The smallest absolute Gasteiger partial charge is 0.150 e. The van der Waals surface area contributed by atoms with Crippen molar-refractivity contribution in [1.29, 1.82) is 0 Å². The first-order valence-electron chi connectivity index (χ1n) is 6.66. The van der Waals surface area contributed by atoms with Gasteiger partial charge in [-0.25, -0.2) is 9.97 Å². The largest absolute Gasteiger partial charge is 0.353 e. The van der Waals surface area contributed by atoms with Crippen LogP contribution in [0.5, 0.6) is 0 Å². The molecule has 1 fully saturated rings. The summed E-state index contributed by atoms with van der Waals surface area (Å²) in [7, 11) is 0. The molecule has 3 rings (SSSR count). The van der Waals surface area contributed by atoms with Crippen molar-refractivity contribution in [2.45, 2.75) is 25.8 Å². The standard InChI is InChI=1S/C13H17BrN4S/c1-2-18(9-3-5-15-6-4-9)13-12-11(16-8-17-13)10(14)7-19-12/h7-9,15H,2-6H2,1H3. The molecule has 3 heterocycles. The molecule has 0 spiro atoms. The quantitative estimate of drug-likeness (QED) is 0.932. The van der Waals surface area contributed by atoms with E-state index in [-0.39, 0.29) is 0 Å². The van der Waals surface area contributed by atoms with E-state index < -0.39 is 0 Å². The Morgan fingerprint density at radius 1 is 1.42 bits per heavy atom. The van der Waals surface area contributed by atoms with Crippen LogP contribution in [-0.2, 0) is 0 Å². The molecule has 0 amide bonds. The molecule has 0 radical (unpaired) electrons. The Morgan fingerprint density at radius 2 is 2.21 bits per heavy atom. The summed E-state index contributed by atoms with van der Waals surface area (Å²) in [6.45, 7) is 5.40. The van der Waals surface area contributed by atoms with E-state index in [2.05, 4.69) is 48.4 Å². The van der Waals surface area contributed by atoms with Crippen molar-refractivity contribution < 1.29 is 0 Å². The monoisotopic (exact) mass is 340 g/mol. The van der Waals surface area contributed by atoms with Crippen molar-refractivity contribution in [3.8, 4) is 0 Å². The Morgan fingerprint density at radius 3 is 2.95 bits per heavy atom. The summed E-state index contributed by atoms with van der Waals surface area (Å²) in [5.41, 5.74) is 1.03. The van der Waals surface area contributed by atoms with Gasteiger partial charge in [-0.05, 0) is 48.8 Å². The van der Waals surface area contributed by atoms with Crippen LogP contribution in [0, 0.1) is 0 Å². The number of thiophene rings is 1. The third-order valence-electron chi connectivity index (χ3n) is 3.65. The molecule has 0 aromatic carbocycles. The van der Waals surface area contributed by atoms with Gasteiger partial charge < -0.3 is 10.2 Å². The highest BCUT2D eigenvalue weighted by Gasteiger charge is 2.23. The van der Waals surface area contributed by atoms with Crippen molar-refractivity contribution in [1.82, 2.24) is 15.3 Å². The molecule has 19 heavy (non-hydrogen) atoms. The summed E-state index contributed by atoms with van der Waals surface area (Å²) in [5.74, 6) is 1.09. The zero-order chi connectivity index (χ0) is 13.2. The highest BCUT2D eigenvalue weighted by atomic mass is 79.9. The number of fused-ring (bicyclic) bond motifs is 1. The molecule has 0 aliphatic carbocycles. The number of aromatic nitrogens is 2. The Hall–Kier alpha value is -0.720. The number of piperidine rings is 1. The van der Waals surface area contributed by atoms with Crippen molar-refractivity contribution in [3.63, 3.8) is 0 Å². The van der Waals surface area contributed by atoms with Crippen molar-refractivity contribution in [2.24, 2.45) is 0 Å². The van der Waals surface area contributed by atoms with Crippen LogP contribution in [0.4, 0.5) is 5.82 Å². The molecular formula is C13H17BrN4S. The van der Waals surface area contributed by atoms with Crippen LogP contribution in [0.2, 0.25) is 0 Å². The topological polar surface area (TPSA) is 41.1 Å². The second-order valence-corrected chi connectivity index (χ2v) is 6.46. The number of halogens is 1. The molecule has 0 saturated carbocycles. The first-order valence-corrected chi connectivity index (χ1v) is 8.33. The minimum absolute atomic E-state index is 0.588. The number of rotatable bonds is 3. The fraction of sp³-hybridized carbons (Fsp3) is 0.538. The second-order valence-electron chi connectivity index (χ2n) is 4.73. The van der Waals surface area contributed by atoms with E-state index >= 15 is 0 Å². The molecule has 1 saturated heterocycles. The predicted octanol–water partition coefficient (Wildman–Crippen LogP) is 3.03. The summed E-state index contributed by atoms with van der Waals surface area (Å²) in [6.07, 6.45) is 4.05. The molecule has 1 N–H and O–H groups in total. The molecule has 1 aliphatic rings. The van der Waals surface area contributed by atoms with Gasteiger partial charge in [-0.2, -0.15) is 0 Å². The van der Waals surface area contributed by atoms with Crippen molar-refractivity contribution in [3.05, 3.63) is 16.2 Å². The summed E-state index contributed by atoms with van der Waals surface area (Å²) in [5, 5.41) is 5.52. The Bertz CT molecular complexity index is 565. The summed E-state index contributed by atoms with van der Waals surface area (Å²) in [6, 6.07) is 0.588. The van der Waals surface area contributed by atoms with Crippen molar-refractivity contribution in [2.75, 3.05) is 24.5 Å². The molecular weight excluding hydrogens is 324 g/mol. The van der Waals surface area contributed by atoms with Crippen LogP contribution in [-0.4, -0.2) is 35.6 Å². The lowest BCUT2D eigenvalue weighted by Gasteiger charge is -2.34. The molecule has 0 unspecified atom stereocenters. The van der Waals surface area contributed by atoms with Gasteiger partial charge in [-0.1, -0.05) is 0 Å². The van der Waals surface area contributed by atoms with Crippen LogP contribution in [0.3, 0.4) is 0 Å². The van der Waals surface area contributed by atoms with Crippen molar-refractivity contribution >= 4 is 43.3 Å². The maximum Gasteiger partial charge on any atom is 0.150 e. The van der Waals surface area contributed by atoms with Gasteiger partial charge in [0.1, 0.15) is 17.7 Å². The molecule has 6 heteroatoms. The van der Waals surface area contributed by atoms with Gasteiger partial charge in [0.05, 0.1) is 9.17 Å². The first-order chi connectivity index (χ1) is 9.31. The third-order valence-corrected chi connectivity index (χ3v) is 5.53. The molecule has 2 aromatic heterocycles. The predicted molar refractivity (Wildman–Crippen MR) is 84.0 cm³/mol. The number of nitrogens with zero attached hydrogens (tertiary/aromatic N) is 3. The normalized spacial score (nSPS) is 16.9. The van der Waals surface area contributed by atoms with Gasteiger partial charge in [0.25, 0.3) is 0 Å². The molecule has 2 aromatic rings. The first kappa shape index (κ1) is 13.3. The van der Waals surface area contributed by atoms with Crippen LogP contribution >= 0.6 is 27.3 Å². The molecule has 1 aliphatic heterocycles. The molecule has 102 valence electrons. The van der Waals surface area contributed by atoms with Gasteiger partial charge in [0, 0.05) is 18.0 Å². The zero-order valence-electron chi connectivity index (χ0n) is 10.9. The van der Waals surface area contributed by atoms with E-state index in [9.17, 15) is 0 Å². The number of hydrogen-bond donors (Lipinski definition) is 1. The Labute approximate surface area is 125 Å². The van der Waals surface area contributed by atoms with E-state index in [1.54, 1.807) is 17.7 Å². The lowest BCUT2D eigenvalue weighted by Crippen LogP contribution is -2.43. The molecule has 0 bridgehead atoms. The lowest BCUT2D eigenvalue weighted by molar-refractivity contribution is 0.432. The average molecular weight is 341 g/mol. The average Bonchev–Trinajstić information content (AvgIpc) is 2.84. The number of nitrogens with one attached hydrogen (secondary N) is 1. The van der Waals surface area contributed by atoms with Gasteiger partial charge in [0.2, 0.25) is 0 Å². The third kappa shape index (κ3) is 2.49. The van der Waals surface area contributed by atoms with E-state index in [1.165, 1.54) is 17.5 Å². The highest BCUT2D eigenvalue weighted by Crippen LogP contribution is 2.35. The number of anilines is 1. The minimum atomic E-state index is 0.588. The van der Waals surface area contributed by atoms with Crippen LogP contribution < -0.4 is 10.2 Å². The fourth-order valence-electron chi connectivity index (χ4n) is 2.71. The Kier molecular flexibility index (Phi) is 4.00. The van der Waals surface area contributed by atoms with E-state index in [1.807, 2.05) is 0 Å². The summed E-state index contributed by atoms with van der Waals surface area (Å²) < 4.78 is 2.26. The second kappa shape index (κ2) is 5.73. The van der Waals surface area contributed by atoms with Gasteiger partial charge in [-0.3, -0.25) is 0 Å². The minimum Gasteiger partial charge on any atom is -0.353 e. The summed E-state index contributed by atoms with van der Waals surface area (Å²) in [4.78, 5) is 11.4.